The van der Waals surface area contributed by atoms with Gasteiger partial charge >= 0.3 is 6.03 Å². The Kier molecular flexibility index (Phi) is 5.79. The van der Waals surface area contributed by atoms with Gasteiger partial charge in [0.1, 0.15) is 0 Å². The van der Waals surface area contributed by atoms with Crippen LogP contribution in [0.3, 0.4) is 0 Å². The smallest absolute Gasteiger partial charge is 0.319 e. The van der Waals surface area contributed by atoms with Crippen molar-refractivity contribution >= 4 is 11.7 Å². The van der Waals surface area contributed by atoms with Gasteiger partial charge in [0.25, 0.3) is 0 Å². The van der Waals surface area contributed by atoms with E-state index in [1.54, 1.807) is 0 Å². The SMILES string of the molecule is CCc1nnc(-c2ccc(NC(=O)NCC3CCN(C(C)(C)C)C3)cc2)o1. The quantitative estimate of drug-likeness (QED) is 0.840. The van der Waals surface area contributed by atoms with Crippen molar-refractivity contribution in [3.05, 3.63) is 30.2 Å². The Bertz CT molecular complexity index is 763. The summed E-state index contributed by atoms with van der Waals surface area (Å²) in [7, 11) is 0. The number of nitrogens with one attached hydrogen (secondary N) is 2. The molecule has 146 valence electrons. The van der Waals surface area contributed by atoms with Crippen LogP contribution in [0.2, 0.25) is 0 Å². The summed E-state index contributed by atoms with van der Waals surface area (Å²) in [4.78, 5) is 14.6. The first kappa shape index (κ1) is 19.4. The van der Waals surface area contributed by atoms with E-state index in [1.165, 1.54) is 0 Å². The first-order valence-electron chi connectivity index (χ1n) is 9.58. The lowest BCUT2D eigenvalue weighted by Gasteiger charge is -2.31. The van der Waals surface area contributed by atoms with Gasteiger partial charge in [-0.2, -0.15) is 0 Å². The van der Waals surface area contributed by atoms with Crippen molar-refractivity contribution in [3.8, 4) is 11.5 Å². The lowest BCUT2D eigenvalue weighted by molar-refractivity contribution is 0.168. The summed E-state index contributed by atoms with van der Waals surface area (Å²) < 4.78 is 5.54. The van der Waals surface area contributed by atoms with Crippen LogP contribution in [-0.2, 0) is 6.42 Å². The van der Waals surface area contributed by atoms with Gasteiger partial charge in [-0.15, -0.1) is 10.2 Å². The molecule has 0 radical (unpaired) electrons. The van der Waals surface area contributed by atoms with Crippen molar-refractivity contribution in [2.75, 3.05) is 25.0 Å². The standard InChI is InChI=1S/C20H29N5O2/c1-5-17-23-24-18(27-17)15-6-8-16(9-7-15)22-19(26)21-12-14-10-11-25(13-14)20(2,3)4/h6-9,14H,5,10-13H2,1-4H3,(H2,21,22,26). The summed E-state index contributed by atoms with van der Waals surface area (Å²) in [5.74, 6) is 1.61. The third-order valence-electron chi connectivity index (χ3n) is 4.94. The molecule has 7 heteroatoms. The van der Waals surface area contributed by atoms with E-state index in [4.69, 9.17) is 4.42 Å². The molecule has 1 saturated heterocycles. The van der Waals surface area contributed by atoms with Crippen LogP contribution in [0.5, 0.6) is 0 Å². The molecule has 27 heavy (non-hydrogen) atoms. The van der Waals surface area contributed by atoms with Crippen LogP contribution >= 0.6 is 0 Å². The number of aryl methyl sites for hydroxylation is 1. The van der Waals surface area contributed by atoms with Crippen molar-refractivity contribution in [2.24, 2.45) is 5.92 Å². The maximum Gasteiger partial charge on any atom is 0.319 e. The number of aromatic nitrogens is 2. The molecule has 3 rings (SSSR count). The van der Waals surface area contributed by atoms with Crippen molar-refractivity contribution in [1.29, 1.82) is 0 Å². The number of carbonyl (C=O) groups is 1. The van der Waals surface area contributed by atoms with E-state index in [0.29, 0.717) is 30.7 Å². The second-order valence-corrected chi connectivity index (χ2v) is 8.04. The van der Waals surface area contributed by atoms with Crippen LogP contribution in [0, 0.1) is 5.92 Å². The van der Waals surface area contributed by atoms with E-state index in [1.807, 2.05) is 31.2 Å². The number of rotatable bonds is 5. The molecule has 0 spiro atoms. The van der Waals surface area contributed by atoms with E-state index in [2.05, 4.69) is 46.5 Å². The zero-order valence-corrected chi connectivity index (χ0v) is 16.6. The molecule has 1 fully saturated rings. The molecule has 0 saturated carbocycles. The number of urea groups is 1. The van der Waals surface area contributed by atoms with Crippen LogP contribution in [0.25, 0.3) is 11.5 Å². The lowest BCUT2D eigenvalue weighted by Crippen LogP contribution is -2.40. The first-order chi connectivity index (χ1) is 12.8. The van der Waals surface area contributed by atoms with Gasteiger partial charge in [0.15, 0.2) is 0 Å². The Morgan fingerprint density at radius 3 is 2.59 bits per heavy atom. The van der Waals surface area contributed by atoms with Crippen molar-refractivity contribution in [3.63, 3.8) is 0 Å². The Morgan fingerprint density at radius 2 is 2.00 bits per heavy atom. The van der Waals surface area contributed by atoms with Gasteiger partial charge in [0, 0.05) is 36.3 Å². The number of carbonyl (C=O) groups excluding carboxylic acids is 1. The van der Waals surface area contributed by atoms with Crippen LogP contribution in [0.15, 0.2) is 28.7 Å². The fourth-order valence-corrected chi connectivity index (χ4v) is 3.23. The van der Waals surface area contributed by atoms with Gasteiger partial charge in [-0.3, -0.25) is 4.90 Å². The predicted octanol–water partition coefficient (Wildman–Crippen LogP) is 3.54. The highest BCUT2D eigenvalue weighted by Crippen LogP contribution is 2.24. The number of anilines is 1. The van der Waals surface area contributed by atoms with E-state index in [0.717, 1.165) is 30.8 Å². The van der Waals surface area contributed by atoms with Crippen LogP contribution in [-0.4, -0.2) is 46.3 Å². The zero-order chi connectivity index (χ0) is 19.4. The maximum atomic E-state index is 12.2. The van der Waals surface area contributed by atoms with E-state index in [-0.39, 0.29) is 11.6 Å². The summed E-state index contributed by atoms with van der Waals surface area (Å²) in [6.45, 7) is 11.5. The van der Waals surface area contributed by atoms with Gasteiger partial charge in [-0.05, 0) is 63.9 Å². The minimum atomic E-state index is -0.178. The second-order valence-electron chi connectivity index (χ2n) is 8.04. The molecule has 2 heterocycles. The lowest BCUT2D eigenvalue weighted by atomic mass is 10.1. The molecular weight excluding hydrogens is 342 g/mol. The fourth-order valence-electron chi connectivity index (χ4n) is 3.23. The van der Waals surface area contributed by atoms with Gasteiger partial charge in [0.05, 0.1) is 0 Å². The van der Waals surface area contributed by atoms with Gasteiger partial charge in [0.2, 0.25) is 11.8 Å². The third-order valence-corrected chi connectivity index (χ3v) is 4.94. The molecule has 1 aliphatic rings. The molecular formula is C20H29N5O2. The molecule has 1 aromatic carbocycles. The normalized spacial score (nSPS) is 17.9. The number of benzene rings is 1. The fraction of sp³-hybridized carbons (Fsp3) is 0.550. The Balaban J connectivity index is 1.47. The molecule has 2 aromatic rings. The topological polar surface area (TPSA) is 83.3 Å². The molecule has 1 aliphatic heterocycles. The number of likely N-dealkylation sites (tertiary alicyclic amines) is 1. The van der Waals surface area contributed by atoms with Crippen molar-refractivity contribution in [1.82, 2.24) is 20.4 Å². The first-order valence-corrected chi connectivity index (χ1v) is 9.58. The second kappa shape index (κ2) is 8.08. The predicted molar refractivity (Wildman–Crippen MR) is 106 cm³/mol. The van der Waals surface area contributed by atoms with E-state index < -0.39 is 0 Å². The molecule has 0 aliphatic carbocycles. The minimum absolute atomic E-state index is 0.178. The molecule has 0 bridgehead atoms. The summed E-state index contributed by atoms with van der Waals surface area (Å²) in [5.41, 5.74) is 1.75. The summed E-state index contributed by atoms with van der Waals surface area (Å²) in [6.07, 6.45) is 1.83. The van der Waals surface area contributed by atoms with Gasteiger partial charge < -0.3 is 15.1 Å². The van der Waals surface area contributed by atoms with E-state index >= 15 is 0 Å². The number of hydrogen-bond donors (Lipinski definition) is 2. The highest BCUT2D eigenvalue weighted by Gasteiger charge is 2.30. The largest absolute Gasteiger partial charge is 0.421 e. The minimum Gasteiger partial charge on any atom is -0.421 e. The van der Waals surface area contributed by atoms with Crippen molar-refractivity contribution < 1.29 is 9.21 Å². The average Bonchev–Trinajstić information content (AvgIpc) is 3.30. The van der Waals surface area contributed by atoms with Crippen LogP contribution in [0.1, 0.15) is 40.0 Å². The molecule has 2 N–H and O–H groups in total. The van der Waals surface area contributed by atoms with Crippen molar-refractivity contribution in [2.45, 2.75) is 46.1 Å². The van der Waals surface area contributed by atoms with E-state index in [9.17, 15) is 4.79 Å². The average molecular weight is 371 g/mol. The maximum absolute atomic E-state index is 12.2. The molecule has 1 atom stereocenters. The highest BCUT2D eigenvalue weighted by atomic mass is 16.4. The molecule has 7 nitrogen and oxygen atoms in total. The number of nitrogens with zero attached hydrogens (tertiary/aromatic N) is 3. The molecule has 2 amide bonds. The summed E-state index contributed by atoms with van der Waals surface area (Å²) in [5, 5.41) is 13.8. The van der Waals surface area contributed by atoms with Gasteiger partial charge in [-0.25, -0.2) is 4.79 Å². The number of hydrogen-bond acceptors (Lipinski definition) is 5. The number of amides is 2. The third kappa shape index (κ3) is 5.07. The summed E-state index contributed by atoms with van der Waals surface area (Å²) in [6, 6.07) is 7.22. The highest BCUT2D eigenvalue weighted by molar-refractivity contribution is 5.89. The van der Waals surface area contributed by atoms with Crippen LogP contribution in [0.4, 0.5) is 10.5 Å². The zero-order valence-electron chi connectivity index (χ0n) is 16.6. The Hall–Kier alpha value is -2.41. The molecule has 1 unspecified atom stereocenters. The monoisotopic (exact) mass is 371 g/mol. The summed E-state index contributed by atoms with van der Waals surface area (Å²) >= 11 is 0. The Labute approximate surface area is 160 Å². The Morgan fingerprint density at radius 1 is 1.26 bits per heavy atom. The van der Waals surface area contributed by atoms with Gasteiger partial charge in [-0.1, -0.05) is 6.92 Å². The molecule has 1 aromatic heterocycles. The van der Waals surface area contributed by atoms with Crippen LogP contribution < -0.4 is 10.6 Å².